The zero-order chi connectivity index (χ0) is 15.6. The Balaban J connectivity index is 2.40. The first-order valence-electron chi connectivity index (χ1n) is 7.39. The van der Waals surface area contributed by atoms with Crippen LogP contribution in [0, 0.1) is 13.8 Å². The number of hydrogen-bond acceptors (Lipinski definition) is 4. The van der Waals surface area contributed by atoms with Crippen LogP contribution in [0.1, 0.15) is 30.9 Å². The number of aryl methyl sites for hydroxylation is 2. The molecule has 2 N–H and O–H groups in total. The van der Waals surface area contributed by atoms with Crippen molar-refractivity contribution in [1.82, 2.24) is 4.31 Å². The molecule has 118 valence electrons. The molecular weight excluding hydrogens is 288 g/mol. The molecule has 0 bridgehead atoms. The zero-order valence-electron chi connectivity index (χ0n) is 12.9. The van der Waals surface area contributed by atoms with Crippen LogP contribution in [0.3, 0.4) is 0 Å². The van der Waals surface area contributed by atoms with Crippen molar-refractivity contribution in [3.63, 3.8) is 0 Å². The van der Waals surface area contributed by atoms with E-state index in [0.29, 0.717) is 24.3 Å². The SMILES string of the molecule is CCNc1cc(C)c(S(=O)(=O)N2CCCC(O)C2)c(C)c1. The van der Waals surface area contributed by atoms with E-state index in [1.54, 1.807) is 0 Å². The largest absolute Gasteiger partial charge is 0.392 e. The van der Waals surface area contributed by atoms with Crippen molar-refractivity contribution in [2.75, 3.05) is 25.0 Å². The van der Waals surface area contributed by atoms with E-state index in [1.807, 2.05) is 32.9 Å². The second kappa shape index (κ2) is 6.34. The second-order valence-corrected chi connectivity index (χ2v) is 7.50. The van der Waals surface area contributed by atoms with E-state index in [9.17, 15) is 13.5 Å². The minimum Gasteiger partial charge on any atom is -0.392 e. The highest BCUT2D eigenvalue weighted by Crippen LogP contribution is 2.28. The van der Waals surface area contributed by atoms with Gasteiger partial charge in [-0.05, 0) is 56.9 Å². The number of nitrogens with one attached hydrogen (secondary N) is 1. The van der Waals surface area contributed by atoms with E-state index in [2.05, 4.69) is 5.32 Å². The van der Waals surface area contributed by atoms with Gasteiger partial charge in [-0.3, -0.25) is 0 Å². The lowest BCUT2D eigenvalue weighted by Crippen LogP contribution is -2.42. The van der Waals surface area contributed by atoms with Crippen LogP contribution in [-0.2, 0) is 10.0 Å². The number of β-amino-alcohol motifs (C(OH)–C–C–N with tert-alkyl or cyclic N) is 1. The quantitative estimate of drug-likeness (QED) is 0.890. The topological polar surface area (TPSA) is 69.6 Å². The van der Waals surface area contributed by atoms with Gasteiger partial charge in [0.1, 0.15) is 0 Å². The molecule has 5 nitrogen and oxygen atoms in total. The molecule has 0 spiro atoms. The van der Waals surface area contributed by atoms with Gasteiger partial charge in [-0.15, -0.1) is 0 Å². The molecule has 1 unspecified atom stereocenters. The Labute approximate surface area is 127 Å². The van der Waals surface area contributed by atoms with Crippen molar-refractivity contribution in [2.24, 2.45) is 0 Å². The van der Waals surface area contributed by atoms with Gasteiger partial charge in [-0.2, -0.15) is 4.31 Å². The van der Waals surface area contributed by atoms with E-state index < -0.39 is 16.1 Å². The van der Waals surface area contributed by atoms with E-state index in [-0.39, 0.29) is 6.54 Å². The summed E-state index contributed by atoms with van der Waals surface area (Å²) in [6.07, 6.45) is 0.812. The molecule has 1 aliphatic heterocycles. The first-order valence-corrected chi connectivity index (χ1v) is 8.83. The van der Waals surface area contributed by atoms with Crippen molar-refractivity contribution in [3.05, 3.63) is 23.3 Å². The Bertz CT molecular complexity index is 590. The maximum absolute atomic E-state index is 12.8. The smallest absolute Gasteiger partial charge is 0.243 e. The van der Waals surface area contributed by atoms with Crippen molar-refractivity contribution in [3.8, 4) is 0 Å². The molecule has 1 aromatic rings. The van der Waals surface area contributed by atoms with Gasteiger partial charge in [0.15, 0.2) is 0 Å². The van der Waals surface area contributed by atoms with Crippen LogP contribution in [0.2, 0.25) is 0 Å². The number of rotatable bonds is 4. The fourth-order valence-corrected chi connectivity index (χ4v) is 4.86. The normalized spacial score (nSPS) is 20.5. The Hall–Kier alpha value is -1.11. The van der Waals surface area contributed by atoms with Crippen LogP contribution >= 0.6 is 0 Å². The summed E-state index contributed by atoms with van der Waals surface area (Å²) < 4.78 is 27.1. The molecule has 1 aliphatic rings. The number of aliphatic hydroxyl groups excluding tert-OH is 1. The second-order valence-electron chi connectivity index (χ2n) is 5.63. The first kappa shape index (κ1) is 16.3. The average Bonchev–Trinajstić information content (AvgIpc) is 2.37. The molecule has 6 heteroatoms. The summed E-state index contributed by atoms with van der Waals surface area (Å²) in [6, 6.07) is 3.73. The third kappa shape index (κ3) is 3.39. The molecule has 0 radical (unpaired) electrons. The summed E-state index contributed by atoms with van der Waals surface area (Å²) in [4.78, 5) is 0.373. The highest BCUT2D eigenvalue weighted by Gasteiger charge is 2.31. The van der Waals surface area contributed by atoms with Gasteiger partial charge >= 0.3 is 0 Å². The Morgan fingerprint density at radius 3 is 2.48 bits per heavy atom. The summed E-state index contributed by atoms with van der Waals surface area (Å²) in [7, 11) is -3.54. The van der Waals surface area contributed by atoms with Gasteiger partial charge in [0.05, 0.1) is 11.0 Å². The van der Waals surface area contributed by atoms with Crippen molar-refractivity contribution in [1.29, 1.82) is 0 Å². The van der Waals surface area contributed by atoms with Gasteiger partial charge in [-0.25, -0.2) is 8.42 Å². The fourth-order valence-electron chi connectivity index (χ4n) is 2.93. The predicted octanol–water partition coefficient (Wildman–Crippen LogP) is 1.88. The number of benzene rings is 1. The molecule has 1 aromatic carbocycles. The van der Waals surface area contributed by atoms with E-state index in [1.165, 1.54) is 4.31 Å². The molecule has 1 fully saturated rings. The Morgan fingerprint density at radius 2 is 1.95 bits per heavy atom. The molecule has 0 amide bonds. The highest BCUT2D eigenvalue weighted by atomic mass is 32.2. The van der Waals surface area contributed by atoms with Crippen LogP contribution in [-0.4, -0.2) is 43.6 Å². The number of hydrogen-bond donors (Lipinski definition) is 2. The lowest BCUT2D eigenvalue weighted by molar-refractivity contribution is 0.108. The monoisotopic (exact) mass is 312 g/mol. The van der Waals surface area contributed by atoms with Gasteiger partial charge in [0, 0.05) is 25.3 Å². The lowest BCUT2D eigenvalue weighted by Gasteiger charge is -2.30. The first-order chi connectivity index (χ1) is 9.86. The maximum atomic E-state index is 12.8. The molecule has 1 atom stereocenters. The number of sulfonamides is 1. The number of nitrogens with zero attached hydrogens (tertiary/aromatic N) is 1. The highest BCUT2D eigenvalue weighted by molar-refractivity contribution is 7.89. The van der Waals surface area contributed by atoms with Gasteiger partial charge in [0.25, 0.3) is 0 Å². The lowest BCUT2D eigenvalue weighted by atomic mass is 10.1. The predicted molar refractivity (Wildman–Crippen MR) is 84.1 cm³/mol. The molecule has 2 rings (SSSR count). The summed E-state index contributed by atoms with van der Waals surface area (Å²) in [5.41, 5.74) is 2.42. The third-order valence-electron chi connectivity index (χ3n) is 3.80. The van der Waals surface area contributed by atoms with Crippen LogP contribution in [0.25, 0.3) is 0 Å². The summed E-state index contributed by atoms with van der Waals surface area (Å²) in [5, 5.41) is 12.9. The number of piperidine rings is 1. The summed E-state index contributed by atoms with van der Waals surface area (Å²) in [6.45, 7) is 7.11. The fraction of sp³-hybridized carbons (Fsp3) is 0.600. The minimum absolute atomic E-state index is 0.191. The van der Waals surface area contributed by atoms with Crippen LogP contribution in [0.5, 0.6) is 0 Å². The third-order valence-corrected chi connectivity index (χ3v) is 5.97. The Kier molecular flexibility index (Phi) is 4.91. The number of aliphatic hydroxyl groups is 1. The molecule has 0 saturated carbocycles. The van der Waals surface area contributed by atoms with Gasteiger partial charge in [0.2, 0.25) is 10.0 Å². The zero-order valence-corrected chi connectivity index (χ0v) is 13.7. The van der Waals surface area contributed by atoms with Crippen molar-refractivity contribution in [2.45, 2.75) is 44.6 Å². The van der Waals surface area contributed by atoms with Crippen molar-refractivity contribution >= 4 is 15.7 Å². The van der Waals surface area contributed by atoms with E-state index in [4.69, 9.17) is 0 Å². The van der Waals surface area contributed by atoms with Crippen molar-refractivity contribution < 1.29 is 13.5 Å². The molecular formula is C15H24N2O3S. The van der Waals surface area contributed by atoms with Gasteiger partial charge < -0.3 is 10.4 Å². The molecule has 1 saturated heterocycles. The number of anilines is 1. The van der Waals surface area contributed by atoms with Crippen LogP contribution in [0.4, 0.5) is 5.69 Å². The van der Waals surface area contributed by atoms with E-state index >= 15 is 0 Å². The minimum atomic E-state index is -3.54. The average molecular weight is 312 g/mol. The maximum Gasteiger partial charge on any atom is 0.243 e. The van der Waals surface area contributed by atoms with Crippen LogP contribution in [0.15, 0.2) is 17.0 Å². The molecule has 0 aromatic heterocycles. The summed E-state index contributed by atoms with van der Waals surface area (Å²) in [5.74, 6) is 0. The Morgan fingerprint density at radius 1 is 1.33 bits per heavy atom. The molecule has 21 heavy (non-hydrogen) atoms. The standard InChI is InChI=1S/C15H24N2O3S/c1-4-16-13-8-11(2)15(12(3)9-13)21(19,20)17-7-5-6-14(18)10-17/h8-9,14,16,18H,4-7,10H2,1-3H3. The van der Waals surface area contributed by atoms with E-state index in [0.717, 1.165) is 23.4 Å². The molecule has 0 aliphatic carbocycles. The molecule has 1 heterocycles. The van der Waals surface area contributed by atoms with Gasteiger partial charge in [-0.1, -0.05) is 0 Å². The summed E-state index contributed by atoms with van der Waals surface area (Å²) >= 11 is 0. The van der Waals surface area contributed by atoms with Crippen LogP contribution < -0.4 is 5.32 Å².